The van der Waals surface area contributed by atoms with E-state index in [2.05, 4.69) is 4.98 Å². The van der Waals surface area contributed by atoms with Gasteiger partial charge >= 0.3 is 0 Å². The van der Waals surface area contributed by atoms with Crippen molar-refractivity contribution < 1.29 is 4.79 Å². The smallest absolute Gasteiger partial charge is 0.268 e. The summed E-state index contributed by atoms with van der Waals surface area (Å²) in [5.41, 5.74) is 11.3. The lowest BCUT2D eigenvalue weighted by Crippen LogP contribution is -2.15. The van der Waals surface area contributed by atoms with Gasteiger partial charge in [-0.1, -0.05) is 11.6 Å². The molecule has 1 aromatic rings. The second kappa shape index (κ2) is 4.20. The average molecular weight is 200 g/mol. The Morgan fingerprint density at radius 3 is 2.85 bits per heavy atom. The third-order valence-electron chi connectivity index (χ3n) is 1.62. The number of carbonyl (C=O) groups excluding carboxylic acids is 1. The molecule has 1 rings (SSSR count). The summed E-state index contributed by atoms with van der Waals surface area (Å²) in [5, 5.41) is 0.306. The summed E-state index contributed by atoms with van der Waals surface area (Å²) in [6.45, 7) is 0.474. The van der Waals surface area contributed by atoms with Gasteiger partial charge < -0.3 is 11.5 Å². The minimum Gasteiger partial charge on any atom is -0.364 e. The first-order chi connectivity index (χ1) is 6.16. The van der Waals surface area contributed by atoms with Gasteiger partial charge in [0.05, 0.1) is 5.02 Å². The molecule has 1 aromatic heterocycles. The summed E-state index contributed by atoms with van der Waals surface area (Å²) in [6, 6.07) is 1.72. The van der Waals surface area contributed by atoms with E-state index < -0.39 is 5.91 Å². The SMILES string of the molecule is NCCc1ccnc(C(N)=O)c1Cl. The molecule has 4 nitrogen and oxygen atoms in total. The van der Waals surface area contributed by atoms with Crippen molar-refractivity contribution in [3.05, 3.63) is 28.5 Å². The van der Waals surface area contributed by atoms with Crippen molar-refractivity contribution in [2.45, 2.75) is 6.42 Å². The Kier molecular flexibility index (Phi) is 3.22. The average Bonchev–Trinajstić information content (AvgIpc) is 2.08. The molecular formula is C8H10ClN3O. The van der Waals surface area contributed by atoms with Gasteiger partial charge in [0.25, 0.3) is 5.91 Å². The number of hydrogen-bond acceptors (Lipinski definition) is 3. The van der Waals surface area contributed by atoms with Gasteiger partial charge in [0.15, 0.2) is 0 Å². The van der Waals surface area contributed by atoms with Gasteiger partial charge in [-0.3, -0.25) is 4.79 Å². The van der Waals surface area contributed by atoms with E-state index in [0.29, 0.717) is 18.0 Å². The van der Waals surface area contributed by atoms with Gasteiger partial charge in [-0.25, -0.2) is 4.98 Å². The molecule has 5 heteroatoms. The van der Waals surface area contributed by atoms with Crippen LogP contribution in [-0.2, 0) is 6.42 Å². The molecule has 0 aliphatic heterocycles. The Labute approximate surface area is 80.9 Å². The van der Waals surface area contributed by atoms with Crippen LogP contribution in [0.2, 0.25) is 5.02 Å². The Hall–Kier alpha value is -1.13. The van der Waals surface area contributed by atoms with Crippen LogP contribution in [0.25, 0.3) is 0 Å². The van der Waals surface area contributed by atoms with Crippen molar-refractivity contribution in [1.82, 2.24) is 4.98 Å². The number of nitrogens with two attached hydrogens (primary N) is 2. The maximum Gasteiger partial charge on any atom is 0.268 e. The summed E-state index contributed by atoms with van der Waals surface area (Å²) < 4.78 is 0. The van der Waals surface area contributed by atoms with E-state index in [1.54, 1.807) is 6.07 Å². The number of amides is 1. The van der Waals surface area contributed by atoms with E-state index in [9.17, 15) is 4.79 Å². The number of rotatable bonds is 3. The number of aromatic nitrogens is 1. The standard InChI is InChI=1S/C8H10ClN3O/c9-6-5(1-3-10)2-4-12-7(6)8(11)13/h2,4H,1,3,10H2,(H2,11,13). The second-order valence-corrected chi connectivity index (χ2v) is 2.91. The zero-order valence-corrected chi connectivity index (χ0v) is 7.71. The molecule has 1 heterocycles. The fraction of sp³-hybridized carbons (Fsp3) is 0.250. The highest BCUT2D eigenvalue weighted by Crippen LogP contribution is 2.18. The monoisotopic (exact) mass is 199 g/mol. The summed E-state index contributed by atoms with van der Waals surface area (Å²) in [6.07, 6.45) is 2.11. The van der Waals surface area contributed by atoms with Crippen LogP contribution in [0, 0.1) is 0 Å². The lowest BCUT2D eigenvalue weighted by atomic mass is 10.1. The van der Waals surface area contributed by atoms with Crippen LogP contribution >= 0.6 is 11.6 Å². The molecule has 0 unspecified atom stereocenters. The third-order valence-corrected chi connectivity index (χ3v) is 2.04. The van der Waals surface area contributed by atoms with Crippen LogP contribution in [0.3, 0.4) is 0 Å². The highest BCUT2D eigenvalue weighted by molar-refractivity contribution is 6.34. The molecule has 0 aliphatic carbocycles. The van der Waals surface area contributed by atoms with Gasteiger partial charge in [-0.15, -0.1) is 0 Å². The zero-order valence-electron chi connectivity index (χ0n) is 6.96. The van der Waals surface area contributed by atoms with Gasteiger partial charge in [-0.2, -0.15) is 0 Å². The molecule has 1 amide bonds. The van der Waals surface area contributed by atoms with Crippen molar-refractivity contribution >= 4 is 17.5 Å². The highest BCUT2D eigenvalue weighted by atomic mass is 35.5. The molecule has 70 valence electrons. The minimum absolute atomic E-state index is 0.104. The Balaban J connectivity index is 3.10. The number of nitrogens with zero attached hydrogens (tertiary/aromatic N) is 1. The third kappa shape index (κ3) is 2.17. The summed E-state index contributed by atoms with van der Waals surface area (Å²) in [7, 11) is 0. The quantitative estimate of drug-likeness (QED) is 0.736. The molecule has 0 spiro atoms. The van der Waals surface area contributed by atoms with E-state index in [0.717, 1.165) is 5.56 Å². The molecule has 0 atom stereocenters. The summed E-state index contributed by atoms with van der Waals surface area (Å²) in [5.74, 6) is -0.621. The normalized spacial score (nSPS) is 10.0. The van der Waals surface area contributed by atoms with Gasteiger partial charge in [0.2, 0.25) is 0 Å². The van der Waals surface area contributed by atoms with Gasteiger partial charge in [-0.05, 0) is 24.6 Å². The van der Waals surface area contributed by atoms with Crippen molar-refractivity contribution in [2.24, 2.45) is 11.5 Å². The number of primary amides is 1. The fourth-order valence-electron chi connectivity index (χ4n) is 1.00. The van der Waals surface area contributed by atoms with Gasteiger partial charge in [0.1, 0.15) is 5.69 Å². The number of pyridine rings is 1. The number of hydrogen-bond donors (Lipinski definition) is 2. The Morgan fingerprint density at radius 1 is 1.62 bits per heavy atom. The molecule has 0 aliphatic rings. The number of carbonyl (C=O) groups is 1. The maximum atomic E-state index is 10.8. The van der Waals surface area contributed by atoms with E-state index in [-0.39, 0.29) is 5.69 Å². The Morgan fingerprint density at radius 2 is 2.31 bits per heavy atom. The predicted octanol–water partition coefficient (Wildman–Crippen LogP) is 0.335. The molecule has 0 aromatic carbocycles. The van der Waals surface area contributed by atoms with Crippen molar-refractivity contribution in [3.8, 4) is 0 Å². The van der Waals surface area contributed by atoms with Crippen molar-refractivity contribution in [3.63, 3.8) is 0 Å². The van der Waals surface area contributed by atoms with Crippen LogP contribution < -0.4 is 11.5 Å². The van der Waals surface area contributed by atoms with Crippen LogP contribution in [0.1, 0.15) is 16.1 Å². The minimum atomic E-state index is -0.621. The van der Waals surface area contributed by atoms with Crippen molar-refractivity contribution in [1.29, 1.82) is 0 Å². The predicted molar refractivity (Wildman–Crippen MR) is 50.5 cm³/mol. The summed E-state index contributed by atoms with van der Waals surface area (Å²) in [4.78, 5) is 14.6. The molecule has 0 radical (unpaired) electrons. The highest BCUT2D eigenvalue weighted by Gasteiger charge is 2.10. The van der Waals surface area contributed by atoms with E-state index >= 15 is 0 Å². The first-order valence-corrected chi connectivity index (χ1v) is 4.18. The topological polar surface area (TPSA) is 82.0 Å². The first kappa shape index (κ1) is 9.95. The molecule has 0 saturated carbocycles. The van der Waals surface area contributed by atoms with Crippen LogP contribution in [0.4, 0.5) is 0 Å². The van der Waals surface area contributed by atoms with Crippen LogP contribution in [0.15, 0.2) is 12.3 Å². The van der Waals surface area contributed by atoms with Crippen LogP contribution in [0.5, 0.6) is 0 Å². The lowest BCUT2D eigenvalue weighted by Gasteiger charge is -2.04. The van der Waals surface area contributed by atoms with E-state index in [1.165, 1.54) is 6.20 Å². The Bertz CT molecular complexity index is 327. The lowest BCUT2D eigenvalue weighted by molar-refractivity contribution is 0.0995. The van der Waals surface area contributed by atoms with Gasteiger partial charge in [0, 0.05) is 6.20 Å². The molecule has 0 bridgehead atoms. The molecular weight excluding hydrogens is 190 g/mol. The fourth-order valence-corrected chi connectivity index (χ4v) is 1.30. The maximum absolute atomic E-state index is 10.8. The van der Waals surface area contributed by atoms with E-state index in [4.69, 9.17) is 23.1 Å². The molecule has 0 fully saturated rings. The molecule has 4 N–H and O–H groups in total. The second-order valence-electron chi connectivity index (χ2n) is 2.54. The number of halogens is 1. The van der Waals surface area contributed by atoms with Crippen molar-refractivity contribution in [2.75, 3.05) is 6.54 Å². The molecule has 13 heavy (non-hydrogen) atoms. The molecule has 0 saturated heterocycles. The zero-order chi connectivity index (χ0) is 9.84. The largest absolute Gasteiger partial charge is 0.364 e. The summed E-state index contributed by atoms with van der Waals surface area (Å²) >= 11 is 5.86. The first-order valence-electron chi connectivity index (χ1n) is 3.80. The van der Waals surface area contributed by atoms with E-state index in [1.807, 2.05) is 0 Å². The van der Waals surface area contributed by atoms with Crippen LogP contribution in [-0.4, -0.2) is 17.4 Å².